The lowest BCUT2D eigenvalue weighted by Gasteiger charge is -2.38. The first-order valence-electron chi connectivity index (χ1n) is 12.0. The fourth-order valence-electron chi connectivity index (χ4n) is 5.21. The molecule has 0 saturated heterocycles. The van der Waals surface area contributed by atoms with Gasteiger partial charge in [0.2, 0.25) is 5.91 Å². The van der Waals surface area contributed by atoms with Gasteiger partial charge in [-0.25, -0.2) is 9.18 Å². The Morgan fingerprint density at radius 2 is 1.86 bits per heavy atom. The zero-order valence-corrected chi connectivity index (χ0v) is 20.0. The summed E-state index contributed by atoms with van der Waals surface area (Å²) in [5.41, 5.74) is 5.61. The number of carbonyl (C=O) groups is 2. The van der Waals surface area contributed by atoms with Crippen molar-refractivity contribution in [3.05, 3.63) is 100 Å². The van der Waals surface area contributed by atoms with E-state index in [1.165, 1.54) is 18.2 Å². The minimum Gasteiger partial charge on any atom is -0.482 e. The zero-order chi connectivity index (χ0) is 25.2. The first-order valence-corrected chi connectivity index (χ1v) is 12.0. The van der Waals surface area contributed by atoms with Crippen LogP contribution in [0.2, 0.25) is 0 Å². The molecule has 1 aliphatic heterocycles. The molecule has 1 aromatic heterocycles. The van der Waals surface area contributed by atoms with Crippen molar-refractivity contribution in [2.24, 2.45) is 0 Å². The summed E-state index contributed by atoms with van der Waals surface area (Å²) in [4.78, 5) is 30.0. The molecule has 1 aliphatic rings. The molecule has 0 fully saturated rings. The minimum absolute atomic E-state index is 0.0485. The fourth-order valence-corrected chi connectivity index (χ4v) is 5.21. The first-order chi connectivity index (χ1) is 17.4. The lowest BCUT2D eigenvalue weighted by molar-refractivity contribution is -0.139. The molecule has 2 N–H and O–H groups in total. The Balaban J connectivity index is 1.49. The number of carboxylic acid groups (broad SMARTS) is 1. The third-order valence-electron chi connectivity index (χ3n) is 6.84. The van der Waals surface area contributed by atoms with Crippen molar-refractivity contribution < 1.29 is 23.8 Å². The molecule has 36 heavy (non-hydrogen) atoms. The fraction of sp³-hybridized carbons (Fsp3) is 0.241. The molecular formula is C29H27FN2O4. The smallest absolute Gasteiger partial charge is 0.341 e. The molecule has 2 heterocycles. The van der Waals surface area contributed by atoms with E-state index < -0.39 is 24.4 Å². The number of fused-ring (bicyclic) bond motifs is 2. The van der Waals surface area contributed by atoms with E-state index in [0.717, 1.165) is 33.3 Å². The Morgan fingerprint density at radius 3 is 2.69 bits per heavy atom. The summed E-state index contributed by atoms with van der Waals surface area (Å²) in [5, 5.41) is 10.2. The molecule has 184 valence electrons. The van der Waals surface area contributed by atoms with Gasteiger partial charge in [0.25, 0.3) is 0 Å². The Bertz CT molecular complexity index is 1440. The van der Waals surface area contributed by atoms with Crippen LogP contribution in [-0.4, -0.2) is 40.0 Å². The second-order valence-corrected chi connectivity index (χ2v) is 9.08. The van der Waals surface area contributed by atoms with Crippen LogP contribution in [0.4, 0.5) is 4.39 Å². The molecule has 4 aromatic rings. The topological polar surface area (TPSA) is 82.6 Å². The lowest BCUT2D eigenvalue weighted by atomic mass is 9.87. The van der Waals surface area contributed by atoms with Crippen molar-refractivity contribution in [2.75, 3.05) is 13.2 Å². The maximum absolute atomic E-state index is 14.5. The van der Waals surface area contributed by atoms with E-state index in [9.17, 15) is 14.0 Å². The number of ether oxygens (including phenoxy) is 1. The number of benzene rings is 3. The Labute approximate surface area is 208 Å². The second-order valence-electron chi connectivity index (χ2n) is 9.08. The third-order valence-corrected chi connectivity index (χ3v) is 6.84. The number of nitrogens with one attached hydrogen (secondary N) is 1. The van der Waals surface area contributed by atoms with E-state index in [0.29, 0.717) is 31.4 Å². The standard InChI is InChI=1S/C29H27FN2O4/c1-18-21(23-8-4-5-9-25(23)31-18)11-13-27(33)32-15-14-19-6-2-3-7-22(19)29(32)24-16-20(30)10-12-26(24)36-17-28(34)35/h2-10,12,16,29,31H,11,13-15,17H2,1H3,(H,34,35). The molecule has 7 heteroatoms. The summed E-state index contributed by atoms with van der Waals surface area (Å²) < 4.78 is 20.0. The van der Waals surface area contributed by atoms with Crippen LogP contribution >= 0.6 is 0 Å². The van der Waals surface area contributed by atoms with Crippen molar-refractivity contribution in [1.29, 1.82) is 0 Å². The maximum atomic E-state index is 14.5. The molecule has 6 nitrogen and oxygen atoms in total. The van der Waals surface area contributed by atoms with Crippen LogP contribution in [0, 0.1) is 12.7 Å². The van der Waals surface area contributed by atoms with Crippen LogP contribution in [0.25, 0.3) is 10.9 Å². The van der Waals surface area contributed by atoms with Gasteiger partial charge in [0.15, 0.2) is 6.61 Å². The first kappa shape index (κ1) is 23.6. The molecule has 0 radical (unpaired) electrons. The number of nitrogens with zero attached hydrogens (tertiary/aromatic N) is 1. The molecule has 1 amide bonds. The minimum atomic E-state index is -1.13. The molecule has 1 unspecified atom stereocenters. The number of carbonyl (C=O) groups excluding carboxylic acids is 1. The normalized spacial score (nSPS) is 15.1. The number of H-pyrrole nitrogens is 1. The zero-order valence-electron chi connectivity index (χ0n) is 20.0. The number of aliphatic carboxylic acids is 1. The van der Waals surface area contributed by atoms with Gasteiger partial charge in [-0.1, -0.05) is 42.5 Å². The van der Waals surface area contributed by atoms with E-state index >= 15 is 0 Å². The van der Waals surface area contributed by atoms with Crippen LogP contribution in [-0.2, 0) is 22.4 Å². The van der Waals surface area contributed by atoms with Gasteiger partial charge >= 0.3 is 5.97 Å². The number of aromatic amines is 1. The van der Waals surface area contributed by atoms with Crippen molar-refractivity contribution in [2.45, 2.75) is 32.2 Å². The predicted octanol–water partition coefficient (Wildman–Crippen LogP) is 5.19. The third kappa shape index (κ3) is 4.56. The van der Waals surface area contributed by atoms with Gasteiger partial charge in [-0.2, -0.15) is 0 Å². The average molecular weight is 487 g/mol. The Hall–Kier alpha value is -4.13. The van der Waals surface area contributed by atoms with Crippen LogP contribution in [0.15, 0.2) is 66.7 Å². The van der Waals surface area contributed by atoms with Crippen molar-refractivity contribution >= 4 is 22.8 Å². The van der Waals surface area contributed by atoms with Gasteiger partial charge < -0.3 is 19.7 Å². The number of carboxylic acids is 1. The lowest BCUT2D eigenvalue weighted by Crippen LogP contribution is -2.41. The largest absolute Gasteiger partial charge is 0.482 e. The van der Waals surface area contributed by atoms with E-state index in [-0.39, 0.29) is 11.7 Å². The molecule has 0 aliphatic carbocycles. The van der Waals surface area contributed by atoms with Gasteiger partial charge in [-0.15, -0.1) is 0 Å². The van der Waals surface area contributed by atoms with Crippen molar-refractivity contribution in [3.63, 3.8) is 0 Å². The van der Waals surface area contributed by atoms with Gasteiger partial charge in [-0.3, -0.25) is 4.79 Å². The van der Waals surface area contributed by atoms with E-state index in [4.69, 9.17) is 9.84 Å². The van der Waals surface area contributed by atoms with Crippen molar-refractivity contribution in [1.82, 2.24) is 9.88 Å². The summed E-state index contributed by atoms with van der Waals surface area (Å²) in [7, 11) is 0. The summed E-state index contributed by atoms with van der Waals surface area (Å²) in [6.07, 6.45) is 1.55. The summed E-state index contributed by atoms with van der Waals surface area (Å²) in [6, 6.07) is 19.3. The number of rotatable bonds is 7. The Kier molecular flexibility index (Phi) is 6.46. The van der Waals surface area contributed by atoms with Crippen LogP contribution in [0.3, 0.4) is 0 Å². The van der Waals surface area contributed by atoms with Gasteiger partial charge in [0, 0.05) is 35.1 Å². The number of para-hydroxylation sites is 1. The van der Waals surface area contributed by atoms with Crippen LogP contribution in [0.1, 0.15) is 40.4 Å². The highest BCUT2D eigenvalue weighted by Gasteiger charge is 2.34. The molecular weight excluding hydrogens is 459 g/mol. The maximum Gasteiger partial charge on any atom is 0.341 e. The van der Waals surface area contributed by atoms with E-state index in [1.807, 2.05) is 49.4 Å². The number of amides is 1. The molecule has 0 bridgehead atoms. The summed E-state index contributed by atoms with van der Waals surface area (Å²) in [6.45, 7) is 1.93. The van der Waals surface area contributed by atoms with Gasteiger partial charge in [0.05, 0.1) is 6.04 Å². The molecule has 1 atom stereocenters. The van der Waals surface area contributed by atoms with Crippen molar-refractivity contribution in [3.8, 4) is 5.75 Å². The molecule has 3 aromatic carbocycles. The number of halogens is 1. The van der Waals surface area contributed by atoms with Crippen LogP contribution in [0.5, 0.6) is 5.75 Å². The average Bonchev–Trinajstić information content (AvgIpc) is 3.20. The highest BCUT2D eigenvalue weighted by atomic mass is 19.1. The Morgan fingerprint density at radius 1 is 1.08 bits per heavy atom. The quantitative estimate of drug-likeness (QED) is 0.377. The van der Waals surface area contributed by atoms with Gasteiger partial charge in [-0.05, 0) is 60.7 Å². The second kappa shape index (κ2) is 9.85. The number of aromatic nitrogens is 1. The number of aryl methyl sites for hydroxylation is 2. The highest BCUT2D eigenvalue weighted by molar-refractivity contribution is 5.86. The molecule has 0 spiro atoms. The van der Waals surface area contributed by atoms with E-state index in [2.05, 4.69) is 11.1 Å². The summed E-state index contributed by atoms with van der Waals surface area (Å²) >= 11 is 0. The monoisotopic (exact) mass is 486 g/mol. The summed E-state index contributed by atoms with van der Waals surface area (Å²) in [5.74, 6) is -1.40. The SMILES string of the molecule is Cc1[nH]c2ccccc2c1CCC(=O)N1CCc2ccccc2C1c1cc(F)ccc1OCC(=O)O. The number of hydrogen-bond acceptors (Lipinski definition) is 3. The highest BCUT2D eigenvalue weighted by Crippen LogP contribution is 2.40. The predicted molar refractivity (Wildman–Crippen MR) is 135 cm³/mol. The molecule has 0 saturated carbocycles. The number of hydrogen-bond donors (Lipinski definition) is 2. The van der Waals surface area contributed by atoms with E-state index in [1.54, 1.807) is 4.90 Å². The van der Waals surface area contributed by atoms with Gasteiger partial charge in [0.1, 0.15) is 11.6 Å². The van der Waals surface area contributed by atoms with Crippen LogP contribution < -0.4 is 4.74 Å². The molecule has 5 rings (SSSR count).